The molecular weight excluding hydrogens is 327 g/mol. The predicted octanol–water partition coefficient (Wildman–Crippen LogP) is 2.10. The van der Waals surface area contributed by atoms with Crippen LogP contribution in [0.2, 0.25) is 0 Å². The molecule has 2 atom stereocenters. The predicted molar refractivity (Wildman–Crippen MR) is 76.8 cm³/mol. The number of hydrogen-bond acceptors (Lipinski definition) is 2. The van der Waals surface area contributed by atoms with Crippen molar-refractivity contribution < 1.29 is 4.79 Å². The van der Waals surface area contributed by atoms with Crippen molar-refractivity contribution in [3.63, 3.8) is 0 Å². The quantitative estimate of drug-likeness (QED) is 0.836. The molecule has 0 saturated carbocycles. The van der Waals surface area contributed by atoms with Crippen molar-refractivity contribution in [1.29, 1.82) is 0 Å². The third-order valence-corrected chi connectivity index (χ3v) is 4.00. The first-order valence-electron chi connectivity index (χ1n) is 5.88. The van der Waals surface area contributed by atoms with E-state index in [0.29, 0.717) is 18.5 Å². The van der Waals surface area contributed by atoms with Gasteiger partial charge in [0, 0.05) is 21.7 Å². The lowest BCUT2D eigenvalue weighted by Crippen LogP contribution is -2.34. The van der Waals surface area contributed by atoms with Gasteiger partial charge in [-0.2, -0.15) is 0 Å². The summed E-state index contributed by atoms with van der Waals surface area (Å²) in [5, 5.41) is 0. The van der Waals surface area contributed by atoms with E-state index < -0.39 is 0 Å². The number of likely N-dealkylation sites (tertiary alicyclic amines) is 1. The second-order valence-electron chi connectivity index (χ2n) is 4.65. The zero-order valence-corrected chi connectivity index (χ0v) is 12.1. The maximum atomic E-state index is 12.4. The Kier molecular flexibility index (Phi) is 4.04. The van der Waals surface area contributed by atoms with Gasteiger partial charge in [0.2, 0.25) is 0 Å². The van der Waals surface area contributed by atoms with Gasteiger partial charge in [-0.25, -0.2) is 0 Å². The van der Waals surface area contributed by atoms with Gasteiger partial charge < -0.3 is 10.6 Å². The number of amides is 1. The zero-order valence-electron chi connectivity index (χ0n) is 9.90. The Labute approximate surface area is 116 Å². The summed E-state index contributed by atoms with van der Waals surface area (Å²) < 4.78 is 1.09. The summed E-state index contributed by atoms with van der Waals surface area (Å²) in [6, 6.07) is 8.04. The largest absolute Gasteiger partial charge is 0.336 e. The zero-order chi connectivity index (χ0) is 12.4. The summed E-state index contributed by atoms with van der Waals surface area (Å²) in [7, 11) is 0. The van der Waals surface area contributed by atoms with E-state index >= 15 is 0 Å². The highest BCUT2D eigenvalue weighted by Crippen LogP contribution is 2.24. The van der Waals surface area contributed by atoms with E-state index in [1.54, 1.807) is 0 Å². The Morgan fingerprint density at radius 3 is 2.94 bits per heavy atom. The van der Waals surface area contributed by atoms with E-state index in [1.165, 1.54) is 0 Å². The van der Waals surface area contributed by atoms with Gasteiger partial charge in [-0.1, -0.05) is 6.07 Å². The van der Waals surface area contributed by atoms with E-state index in [0.717, 1.165) is 22.1 Å². The average Bonchev–Trinajstić information content (AvgIpc) is 2.69. The van der Waals surface area contributed by atoms with E-state index in [2.05, 4.69) is 29.5 Å². The Morgan fingerprint density at radius 1 is 1.59 bits per heavy atom. The van der Waals surface area contributed by atoms with Gasteiger partial charge in [-0.05, 0) is 66.6 Å². The number of halogens is 1. The van der Waals surface area contributed by atoms with Gasteiger partial charge >= 0.3 is 0 Å². The number of nitrogens with zero attached hydrogens (tertiary/aromatic N) is 1. The molecule has 1 fully saturated rings. The highest BCUT2D eigenvalue weighted by molar-refractivity contribution is 14.1. The van der Waals surface area contributed by atoms with Crippen LogP contribution >= 0.6 is 22.6 Å². The fourth-order valence-corrected chi connectivity index (χ4v) is 2.93. The van der Waals surface area contributed by atoms with Crippen LogP contribution in [-0.2, 0) is 0 Å². The van der Waals surface area contributed by atoms with Crippen molar-refractivity contribution in [3.05, 3.63) is 33.4 Å². The summed E-state index contributed by atoms with van der Waals surface area (Å²) >= 11 is 2.23. The van der Waals surface area contributed by atoms with Crippen LogP contribution in [0.4, 0.5) is 0 Å². The molecule has 92 valence electrons. The molecule has 1 aromatic rings. The fraction of sp³-hybridized carbons (Fsp3) is 0.462. The van der Waals surface area contributed by atoms with Crippen LogP contribution in [0.1, 0.15) is 23.7 Å². The second kappa shape index (κ2) is 5.35. The van der Waals surface area contributed by atoms with E-state index in [1.807, 2.05) is 29.2 Å². The van der Waals surface area contributed by atoms with Crippen LogP contribution in [0, 0.1) is 9.49 Å². The first kappa shape index (κ1) is 12.8. The molecule has 0 aromatic heterocycles. The van der Waals surface area contributed by atoms with Crippen LogP contribution in [0.25, 0.3) is 0 Å². The highest BCUT2D eigenvalue weighted by atomic mass is 127. The van der Waals surface area contributed by atoms with Gasteiger partial charge in [0.25, 0.3) is 5.91 Å². The summed E-state index contributed by atoms with van der Waals surface area (Å²) in [4.78, 5) is 14.3. The summed E-state index contributed by atoms with van der Waals surface area (Å²) in [6.07, 6.45) is 1.02. The molecule has 17 heavy (non-hydrogen) atoms. The minimum absolute atomic E-state index is 0.131. The number of carbonyl (C=O) groups is 1. The maximum Gasteiger partial charge on any atom is 0.254 e. The number of carbonyl (C=O) groups excluding carboxylic acids is 1. The number of nitrogens with two attached hydrogens (primary N) is 1. The van der Waals surface area contributed by atoms with Crippen molar-refractivity contribution in [2.75, 3.05) is 13.1 Å². The topological polar surface area (TPSA) is 46.3 Å². The molecule has 1 heterocycles. The van der Waals surface area contributed by atoms with Crippen molar-refractivity contribution in [3.8, 4) is 0 Å². The molecule has 2 unspecified atom stereocenters. The van der Waals surface area contributed by atoms with Crippen molar-refractivity contribution >= 4 is 28.5 Å². The van der Waals surface area contributed by atoms with Gasteiger partial charge in [-0.15, -0.1) is 0 Å². The van der Waals surface area contributed by atoms with Gasteiger partial charge in [0.15, 0.2) is 0 Å². The lowest BCUT2D eigenvalue weighted by molar-refractivity contribution is 0.0743. The first-order chi connectivity index (χ1) is 8.11. The molecule has 4 heteroatoms. The first-order valence-corrected chi connectivity index (χ1v) is 6.96. The Morgan fingerprint density at radius 2 is 2.35 bits per heavy atom. The molecule has 1 aliphatic heterocycles. The Bertz CT molecular complexity index is 422. The number of hydrogen-bond donors (Lipinski definition) is 1. The third-order valence-electron chi connectivity index (χ3n) is 3.33. The Balaban J connectivity index is 2.15. The van der Waals surface area contributed by atoms with Crippen LogP contribution in [-0.4, -0.2) is 29.9 Å². The molecule has 0 radical (unpaired) electrons. The van der Waals surface area contributed by atoms with Crippen LogP contribution in [0.5, 0.6) is 0 Å². The highest BCUT2D eigenvalue weighted by Gasteiger charge is 2.31. The normalized spacial score (nSPS) is 24.1. The standard InChI is InChI=1S/C13H17IN2O/c1-9-5-10(7-15)8-16(9)13(17)11-3-2-4-12(14)6-11/h2-4,6,9-10H,5,7-8,15H2,1H3. The molecular formula is C13H17IN2O. The molecule has 3 nitrogen and oxygen atoms in total. The molecule has 0 bridgehead atoms. The van der Waals surface area contributed by atoms with E-state index in [9.17, 15) is 4.79 Å². The van der Waals surface area contributed by atoms with Crippen molar-refractivity contribution in [2.45, 2.75) is 19.4 Å². The molecule has 0 aliphatic carbocycles. The molecule has 1 aromatic carbocycles. The van der Waals surface area contributed by atoms with Crippen LogP contribution < -0.4 is 5.73 Å². The average molecular weight is 344 g/mol. The van der Waals surface area contributed by atoms with Gasteiger partial charge in [0.05, 0.1) is 0 Å². The summed E-state index contributed by atoms with van der Waals surface area (Å²) in [5.41, 5.74) is 6.46. The smallest absolute Gasteiger partial charge is 0.254 e. The van der Waals surface area contributed by atoms with Crippen LogP contribution in [0.15, 0.2) is 24.3 Å². The lowest BCUT2D eigenvalue weighted by atomic mass is 10.1. The third kappa shape index (κ3) is 2.80. The minimum atomic E-state index is 0.131. The van der Waals surface area contributed by atoms with Gasteiger partial charge in [-0.3, -0.25) is 4.79 Å². The van der Waals surface area contributed by atoms with Crippen LogP contribution in [0.3, 0.4) is 0 Å². The molecule has 0 spiro atoms. The van der Waals surface area contributed by atoms with Crippen molar-refractivity contribution in [1.82, 2.24) is 4.90 Å². The molecule has 2 rings (SSSR count). The van der Waals surface area contributed by atoms with E-state index in [-0.39, 0.29) is 5.91 Å². The molecule has 1 saturated heterocycles. The Hall–Kier alpha value is -0.620. The molecule has 1 amide bonds. The second-order valence-corrected chi connectivity index (χ2v) is 5.90. The monoisotopic (exact) mass is 344 g/mol. The minimum Gasteiger partial charge on any atom is -0.336 e. The number of rotatable bonds is 2. The molecule has 1 aliphatic rings. The number of benzene rings is 1. The lowest BCUT2D eigenvalue weighted by Gasteiger charge is -2.21. The maximum absolute atomic E-state index is 12.4. The van der Waals surface area contributed by atoms with E-state index in [4.69, 9.17) is 5.73 Å². The SMILES string of the molecule is CC1CC(CN)CN1C(=O)c1cccc(I)c1. The summed E-state index contributed by atoms with van der Waals surface area (Å²) in [6.45, 7) is 3.56. The van der Waals surface area contributed by atoms with Crippen molar-refractivity contribution in [2.24, 2.45) is 11.7 Å². The molecule has 2 N–H and O–H groups in total. The van der Waals surface area contributed by atoms with Gasteiger partial charge in [0.1, 0.15) is 0 Å². The summed E-state index contributed by atoms with van der Waals surface area (Å²) in [5.74, 6) is 0.587. The fourth-order valence-electron chi connectivity index (χ4n) is 2.38.